The van der Waals surface area contributed by atoms with E-state index in [1.165, 1.54) is 16.2 Å². The fourth-order valence-electron chi connectivity index (χ4n) is 4.87. The van der Waals surface area contributed by atoms with Crippen molar-refractivity contribution in [2.75, 3.05) is 13.7 Å². The predicted octanol–water partition coefficient (Wildman–Crippen LogP) is 4.58. The smallest absolute Gasteiger partial charge is 0.254 e. The Morgan fingerprint density at radius 1 is 1.09 bits per heavy atom. The van der Waals surface area contributed by atoms with E-state index in [1.807, 2.05) is 42.6 Å². The number of carbonyl (C=O) groups excluding carboxylic acids is 2. The van der Waals surface area contributed by atoms with Crippen LogP contribution in [0.1, 0.15) is 51.2 Å². The van der Waals surface area contributed by atoms with Crippen molar-refractivity contribution in [3.8, 4) is 11.1 Å². The summed E-state index contributed by atoms with van der Waals surface area (Å²) >= 11 is 0. The van der Waals surface area contributed by atoms with Crippen LogP contribution >= 0.6 is 0 Å². The number of azide groups is 1. The van der Waals surface area contributed by atoms with Gasteiger partial charge in [0, 0.05) is 40.9 Å². The quantitative estimate of drug-likeness (QED) is 0.310. The van der Waals surface area contributed by atoms with Gasteiger partial charge in [-0.2, -0.15) is 5.10 Å². The molecule has 3 aromatic rings. The molecule has 1 N–H and O–H groups in total. The Balaban J connectivity index is 1.37. The fourth-order valence-corrected chi connectivity index (χ4v) is 4.87. The Kier molecular flexibility index (Phi) is 6.25. The molecule has 9 heteroatoms. The van der Waals surface area contributed by atoms with Crippen LogP contribution in [0.25, 0.3) is 21.6 Å². The van der Waals surface area contributed by atoms with Crippen molar-refractivity contribution in [3.05, 3.63) is 87.6 Å². The van der Waals surface area contributed by atoms with Crippen LogP contribution in [0.15, 0.2) is 59.8 Å². The van der Waals surface area contributed by atoms with Crippen molar-refractivity contribution in [2.24, 2.45) is 5.11 Å². The van der Waals surface area contributed by atoms with E-state index in [2.05, 4.69) is 25.1 Å². The van der Waals surface area contributed by atoms with Gasteiger partial charge >= 0.3 is 0 Å². The third-order valence-corrected chi connectivity index (χ3v) is 6.84. The lowest BCUT2D eigenvalue weighted by molar-refractivity contribution is 0.0642. The van der Waals surface area contributed by atoms with Crippen LogP contribution in [-0.2, 0) is 12.8 Å². The maximum absolute atomic E-state index is 13.6. The van der Waals surface area contributed by atoms with Crippen molar-refractivity contribution < 1.29 is 9.59 Å². The molecule has 35 heavy (non-hydrogen) atoms. The number of rotatable bonds is 7. The van der Waals surface area contributed by atoms with E-state index >= 15 is 0 Å². The summed E-state index contributed by atoms with van der Waals surface area (Å²) in [5, 5.41) is 10.7. The van der Waals surface area contributed by atoms with Gasteiger partial charge in [0.2, 0.25) is 0 Å². The largest absolute Gasteiger partial charge is 0.336 e. The SMILES string of the molecule is CN(CN=[N+]=[N-])C(=O)c1ccccc1-c1ccc(C(=O)N(C2CC2)C2CCc3[nH]ncc3C2)cc1. The lowest BCUT2D eigenvalue weighted by atomic mass is 9.91. The second kappa shape index (κ2) is 9.64. The Labute approximate surface area is 203 Å². The molecule has 1 saturated carbocycles. The van der Waals surface area contributed by atoms with Gasteiger partial charge in [-0.05, 0) is 72.5 Å². The summed E-state index contributed by atoms with van der Waals surface area (Å²) in [5.41, 5.74) is 13.7. The second-order valence-corrected chi connectivity index (χ2v) is 9.21. The molecule has 0 radical (unpaired) electrons. The number of amides is 2. The van der Waals surface area contributed by atoms with E-state index in [-0.39, 0.29) is 24.5 Å². The summed E-state index contributed by atoms with van der Waals surface area (Å²) in [6.07, 6.45) is 6.68. The number of aryl methyl sites for hydroxylation is 1. The molecule has 2 aliphatic carbocycles. The molecule has 2 amide bonds. The van der Waals surface area contributed by atoms with E-state index in [0.717, 1.165) is 43.2 Å². The number of fused-ring (bicyclic) bond motifs is 1. The van der Waals surface area contributed by atoms with Gasteiger partial charge in [0.25, 0.3) is 11.8 Å². The molecule has 1 fully saturated rings. The number of hydrogen-bond donors (Lipinski definition) is 1. The van der Waals surface area contributed by atoms with E-state index < -0.39 is 0 Å². The highest BCUT2D eigenvalue weighted by Gasteiger charge is 2.39. The number of nitrogens with one attached hydrogen (secondary N) is 1. The van der Waals surface area contributed by atoms with Crippen LogP contribution in [0, 0.1) is 0 Å². The van der Waals surface area contributed by atoms with Crippen LogP contribution in [0.2, 0.25) is 0 Å². The van der Waals surface area contributed by atoms with Gasteiger partial charge in [0.1, 0.15) is 0 Å². The van der Waals surface area contributed by atoms with Crippen molar-refractivity contribution in [3.63, 3.8) is 0 Å². The van der Waals surface area contributed by atoms with Crippen LogP contribution in [0.5, 0.6) is 0 Å². The van der Waals surface area contributed by atoms with Crippen molar-refractivity contribution in [2.45, 2.75) is 44.2 Å². The summed E-state index contributed by atoms with van der Waals surface area (Å²) in [7, 11) is 1.60. The Morgan fingerprint density at radius 2 is 1.86 bits per heavy atom. The first kappa shape index (κ1) is 22.7. The number of aromatic amines is 1. The first-order valence-electron chi connectivity index (χ1n) is 11.9. The lowest BCUT2D eigenvalue weighted by Gasteiger charge is -2.34. The first-order chi connectivity index (χ1) is 17.1. The number of hydrogen-bond acceptors (Lipinski definition) is 4. The Hall–Kier alpha value is -4.10. The van der Waals surface area contributed by atoms with E-state index in [9.17, 15) is 9.59 Å². The van der Waals surface area contributed by atoms with Crippen LogP contribution in [0.4, 0.5) is 0 Å². The molecule has 0 spiro atoms. The minimum atomic E-state index is -0.232. The van der Waals surface area contributed by atoms with Crippen LogP contribution in [0.3, 0.4) is 0 Å². The Morgan fingerprint density at radius 3 is 2.60 bits per heavy atom. The molecule has 9 nitrogen and oxygen atoms in total. The Bertz CT molecular complexity index is 1290. The molecule has 5 rings (SSSR count). The molecular weight excluding hydrogens is 442 g/mol. The zero-order valence-corrected chi connectivity index (χ0v) is 19.6. The number of aromatic nitrogens is 2. The van der Waals surface area contributed by atoms with Gasteiger partial charge in [-0.15, -0.1) is 0 Å². The molecule has 1 aromatic heterocycles. The standard InChI is InChI=1S/C26H27N7O2/c1-32(16-29-31-27)26(35)23-5-3-2-4-22(23)17-6-8-18(9-7-17)25(34)33(20-10-11-20)21-12-13-24-19(14-21)15-28-30-24/h2-9,15,20-21H,10-14,16H2,1H3,(H,28,30). The number of benzene rings is 2. The topological polar surface area (TPSA) is 118 Å². The second-order valence-electron chi connectivity index (χ2n) is 9.21. The normalized spacial score (nSPS) is 16.7. The van der Waals surface area contributed by atoms with Gasteiger partial charge in [-0.3, -0.25) is 14.7 Å². The van der Waals surface area contributed by atoms with Gasteiger partial charge in [-0.25, -0.2) is 0 Å². The van der Waals surface area contributed by atoms with E-state index in [0.29, 0.717) is 17.2 Å². The third kappa shape index (κ3) is 4.63. The van der Waals surface area contributed by atoms with Gasteiger partial charge in [-0.1, -0.05) is 35.4 Å². The van der Waals surface area contributed by atoms with Gasteiger partial charge in [0.15, 0.2) is 0 Å². The van der Waals surface area contributed by atoms with Gasteiger partial charge < -0.3 is 9.80 Å². The summed E-state index contributed by atoms with van der Waals surface area (Å²) in [6.45, 7) is -0.0460. The minimum Gasteiger partial charge on any atom is -0.336 e. The molecule has 2 aliphatic rings. The van der Waals surface area contributed by atoms with Crippen molar-refractivity contribution in [1.82, 2.24) is 20.0 Å². The maximum Gasteiger partial charge on any atom is 0.254 e. The van der Waals surface area contributed by atoms with Crippen molar-refractivity contribution >= 4 is 11.8 Å². The molecule has 0 bridgehead atoms. The molecule has 1 atom stereocenters. The summed E-state index contributed by atoms with van der Waals surface area (Å²) in [4.78, 5) is 32.7. The van der Waals surface area contributed by atoms with Crippen LogP contribution < -0.4 is 0 Å². The fraction of sp³-hybridized carbons (Fsp3) is 0.346. The summed E-state index contributed by atoms with van der Waals surface area (Å²) in [6, 6.07) is 15.3. The number of nitrogens with zero attached hydrogens (tertiary/aromatic N) is 6. The molecule has 0 aliphatic heterocycles. The number of carbonyl (C=O) groups is 2. The van der Waals surface area contributed by atoms with E-state index in [4.69, 9.17) is 5.53 Å². The minimum absolute atomic E-state index is 0.0460. The zero-order chi connectivity index (χ0) is 24.4. The van der Waals surface area contributed by atoms with E-state index in [1.54, 1.807) is 19.2 Å². The molecule has 0 saturated heterocycles. The average molecular weight is 470 g/mol. The average Bonchev–Trinajstić information content (AvgIpc) is 3.62. The number of H-pyrrole nitrogens is 1. The molecular formula is C26H27N7O2. The molecule has 2 aromatic carbocycles. The predicted molar refractivity (Wildman–Crippen MR) is 132 cm³/mol. The maximum atomic E-state index is 13.6. The zero-order valence-electron chi connectivity index (χ0n) is 19.6. The third-order valence-electron chi connectivity index (χ3n) is 6.84. The monoisotopic (exact) mass is 469 g/mol. The molecule has 1 heterocycles. The summed E-state index contributed by atoms with van der Waals surface area (Å²) < 4.78 is 0. The van der Waals surface area contributed by atoms with Crippen LogP contribution in [-0.4, -0.2) is 57.6 Å². The molecule has 1 unspecified atom stereocenters. The highest BCUT2D eigenvalue weighted by atomic mass is 16.2. The lowest BCUT2D eigenvalue weighted by Crippen LogP contribution is -2.44. The highest BCUT2D eigenvalue weighted by Crippen LogP contribution is 2.35. The summed E-state index contributed by atoms with van der Waals surface area (Å²) in [5.74, 6) is -0.168. The van der Waals surface area contributed by atoms with Gasteiger partial charge in [0.05, 0.1) is 12.9 Å². The molecule has 178 valence electrons. The first-order valence-corrected chi connectivity index (χ1v) is 11.9. The van der Waals surface area contributed by atoms with Crippen molar-refractivity contribution in [1.29, 1.82) is 0 Å². The highest BCUT2D eigenvalue weighted by molar-refractivity contribution is 6.01.